The molecule has 2 heteroatoms. The van der Waals surface area contributed by atoms with E-state index >= 15 is 0 Å². The highest BCUT2D eigenvalue weighted by Gasteiger charge is 2.50. The molecule has 1 saturated carbocycles. The largest absolute Gasteiger partial charge is 0.309 e. The first-order valence-corrected chi connectivity index (χ1v) is 8.56. The van der Waals surface area contributed by atoms with Crippen LogP contribution in [0.2, 0.25) is 0 Å². The number of nitrogens with zero attached hydrogens (tertiary/aromatic N) is 1. The Balaban J connectivity index is 1.54. The first kappa shape index (κ1) is 13.8. The Morgan fingerprint density at radius 2 is 1.95 bits per heavy atom. The van der Waals surface area contributed by atoms with Crippen molar-refractivity contribution in [2.24, 2.45) is 5.92 Å². The highest BCUT2D eigenvalue weighted by Crippen LogP contribution is 2.46. The fraction of sp³-hybridized carbons (Fsp3) is 0.684. The third-order valence-electron chi connectivity index (χ3n) is 6.09. The maximum absolute atomic E-state index is 3.79. The van der Waals surface area contributed by atoms with Crippen LogP contribution in [0.4, 0.5) is 0 Å². The van der Waals surface area contributed by atoms with Gasteiger partial charge in [0.05, 0.1) is 0 Å². The van der Waals surface area contributed by atoms with Gasteiger partial charge in [0.2, 0.25) is 0 Å². The van der Waals surface area contributed by atoms with E-state index in [4.69, 9.17) is 0 Å². The molecule has 0 amide bonds. The summed E-state index contributed by atoms with van der Waals surface area (Å²) in [5.41, 5.74) is 3.80. The van der Waals surface area contributed by atoms with Gasteiger partial charge in [0.15, 0.2) is 0 Å². The van der Waals surface area contributed by atoms with Gasteiger partial charge in [0.1, 0.15) is 0 Å². The van der Waals surface area contributed by atoms with Gasteiger partial charge in [-0.2, -0.15) is 0 Å². The molecule has 2 aliphatic carbocycles. The monoisotopic (exact) mass is 284 g/mol. The number of nitrogens with one attached hydrogen (secondary N) is 1. The molecule has 3 aliphatic rings. The summed E-state index contributed by atoms with van der Waals surface area (Å²) in [4.78, 5) is 2.82. The van der Waals surface area contributed by atoms with Gasteiger partial charge in [-0.05, 0) is 57.1 Å². The molecule has 2 atom stereocenters. The number of piperazine rings is 1. The van der Waals surface area contributed by atoms with E-state index in [-0.39, 0.29) is 5.54 Å². The molecule has 0 bridgehead atoms. The average Bonchev–Trinajstić information content (AvgIpc) is 3.25. The molecular formula is C19H28N2. The van der Waals surface area contributed by atoms with Gasteiger partial charge in [-0.25, -0.2) is 0 Å². The van der Waals surface area contributed by atoms with E-state index in [9.17, 15) is 0 Å². The van der Waals surface area contributed by atoms with Gasteiger partial charge >= 0.3 is 0 Å². The lowest BCUT2D eigenvalue weighted by molar-refractivity contribution is 0.00562. The highest BCUT2D eigenvalue weighted by molar-refractivity contribution is 5.40. The van der Waals surface area contributed by atoms with Crippen molar-refractivity contribution in [3.63, 3.8) is 0 Å². The number of benzene rings is 1. The minimum absolute atomic E-state index is 0.248. The number of hydrogen-bond donors (Lipinski definition) is 1. The van der Waals surface area contributed by atoms with Gasteiger partial charge in [0.25, 0.3) is 0 Å². The molecule has 1 aromatic carbocycles. The highest BCUT2D eigenvalue weighted by atomic mass is 15.3. The Labute approximate surface area is 128 Å². The van der Waals surface area contributed by atoms with Crippen molar-refractivity contribution in [1.82, 2.24) is 10.2 Å². The molecule has 2 fully saturated rings. The van der Waals surface area contributed by atoms with Gasteiger partial charge in [0, 0.05) is 36.6 Å². The third-order valence-corrected chi connectivity index (χ3v) is 6.09. The Morgan fingerprint density at radius 1 is 1.19 bits per heavy atom. The van der Waals surface area contributed by atoms with Crippen molar-refractivity contribution in [2.75, 3.05) is 19.6 Å². The van der Waals surface area contributed by atoms with Gasteiger partial charge in [-0.1, -0.05) is 24.3 Å². The average molecular weight is 284 g/mol. The summed E-state index contributed by atoms with van der Waals surface area (Å²) >= 11 is 0. The number of fused-ring (bicyclic) bond motifs is 1. The Hall–Kier alpha value is -0.860. The van der Waals surface area contributed by atoms with Crippen LogP contribution in [-0.2, 0) is 6.42 Å². The topological polar surface area (TPSA) is 15.3 Å². The molecule has 4 rings (SSSR count). The molecule has 1 N–H and O–H groups in total. The van der Waals surface area contributed by atoms with Gasteiger partial charge < -0.3 is 5.32 Å². The van der Waals surface area contributed by atoms with E-state index in [1.54, 1.807) is 11.1 Å². The first-order chi connectivity index (χ1) is 9.98. The standard InChI is InChI=1S/C19H28N2/c1-18(2)13-21(19(3,12-20-18)16-8-9-16)11-15-10-14-6-4-5-7-17(14)15/h4-7,15-16,20H,8-13H2,1-3H3. The minimum atomic E-state index is 0.248. The summed E-state index contributed by atoms with van der Waals surface area (Å²) in [5, 5.41) is 3.79. The van der Waals surface area contributed by atoms with Crippen LogP contribution in [0.25, 0.3) is 0 Å². The predicted molar refractivity (Wildman–Crippen MR) is 87.7 cm³/mol. The fourth-order valence-electron chi connectivity index (χ4n) is 4.42. The molecular weight excluding hydrogens is 256 g/mol. The van der Waals surface area contributed by atoms with E-state index in [0.717, 1.165) is 18.4 Å². The van der Waals surface area contributed by atoms with Crippen LogP contribution in [0.5, 0.6) is 0 Å². The Morgan fingerprint density at radius 3 is 2.67 bits per heavy atom. The SMILES string of the molecule is CC1(C)CN(CC2Cc3ccccc32)C(C)(C2CC2)CN1. The van der Waals surface area contributed by atoms with Crippen LogP contribution < -0.4 is 5.32 Å². The number of hydrogen-bond acceptors (Lipinski definition) is 2. The molecule has 21 heavy (non-hydrogen) atoms. The second-order valence-corrected chi connectivity index (χ2v) is 8.35. The lowest BCUT2D eigenvalue weighted by atomic mass is 9.75. The van der Waals surface area contributed by atoms with Crippen molar-refractivity contribution in [3.05, 3.63) is 35.4 Å². The smallest absolute Gasteiger partial charge is 0.0335 e. The molecule has 0 radical (unpaired) electrons. The van der Waals surface area contributed by atoms with E-state index in [1.165, 1.54) is 32.4 Å². The van der Waals surface area contributed by atoms with Crippen molar-refractivity contribution in [3.8, 4) is 0 Å². The predicted octanol–water partition coefficient (Wildman–Crippen LogP) is 3.18. The zero-order chi connectivity index (χ0) is 14.7. The van der Waals surface area contributed by atoms with Crippen molar-refractivity contribution in [2.45, 2.75) is 57.0 Å². The van der Waals surface area contributed by atoms with Crippen LogP contribution in [0.3, 0.4) is 0 Å². The maximum atomic E-state index is 3.79. The van der Waals surface area contributed by atoms with Crippen LogP contribution in [0, 0.1) is 5.92 Å². The van der Waals surface area contributed by atoms with E-state index in [0.29, 0.717) is 5.54 Å². The lowest BCUT2D eigenvalue weighted by Crippen LogP contribution is -2.68. The maximum Gasteiger partial charge on any atom is 0.0335 e. The summed E-state index contributed by atoms with van der Waals surface area (Å²) in [6, 6.07) is 9.02. The Bertz CT molecular complexity index is 546. The van der Waals surface area contributed by atoms with E-state index < -0.39 is 0 Å². The molecule has 1 aliphatic heterocycles. The van der Waals surface area contributed by atoms with E-state index in [2.05, 4.69) is 55.3 Å². The molecule has 0 spiro atoms. The normalized spacial score (nSPS) is 35.1. The molecule has 2 unspecified atom stereocenters. The summed E-state index contributed by atoms with van der Waals surface area (Å²) in [7, 11) is 0. The summed E-state index contributed by atoms with van der Waals surface area (Å²) in [5.74, 6) is 1.67. The lowest BCUT2D eigenvalue weighted by Gasteiger charge is -2.53. The second kappa shape index (κ2) is 4.57. The molecule has 1 aromatic rings. The molecule has 0 aromatic heterocycles. The van der Waals surface area contributed by atoms with Crippen LogP contribution >= 0.6 is 0 Å². The second-order valence-electron chi connectivity index (χ2n) is 8.35. The molecule has 1 heterocycles. The summed E-state index contributed by atoms with van der Waals surface area (Å²) < 4.78 is 0. The van der Waals surface area contributed by atoms with Crippen LogP contribution in [0.1, 0.15) is 50.7 Å². The van der Waals surface area contributed by atoms with Crippen molar-refractivity contribution >= 4 is 0 Å². The van der Waals surface area contributed by atoms with E-state index in [1.807, 2.05) is 0 Å². The Kier molecular flexibility index (Phi) is 3.00. The van der Waals surface area contributed by atoms with Crippen LogP contribution in [0.15, 0.2) is 24.3 Å². The minimum Gasteiger partial charge on any atom is -0.309 e. The summed E-state index contributed by atoms with van der Waals surface area (Å²) in [6.07, 6.45) is 4.13. The van der Waals surface area contributed by atoms with Crippen molar-refractivity contribution < 1.29 is 0 Å². The zero-order valence-electron chi connectivity index (χ0n) is 13.7. The van der Waals surface area contributed by atoms with Gasteiger partial charge in [-0.3, -0.25) is 4.90 Å². The molecule has 1 saturated heterocycles. The quantitative estimate of drug-likeness (QED) is 0.917. The van der Waals surface area contributed by atoms with Crippen molar-refractivity contribution in [1.29, 1.82) is 0 Å². The third kappa shape index (κ3) is 2.33. The number of rotatable bonds is 3. The van der Waals surface area contributed by atoms with Crippen LogP contribution in [-0.4, -0.2) is 35.6 Å². The molecule has 2 nitrogen and oxygen atoms in total. The fourth-order valence-corrected chi connectivity index (χ4v) is 4.42. The summed E-state index contributed by atoms with van der Waals surface area (Å²) in [6.45, 7) is 10.8. The first-order valence-electron chi connectivity index (χ1n) is 8.56. The van der Waals surface area contributed by atoms with Gasteiger partial charge in [-0.15, -0.1) is 0 Å². The zero-order valence-corrected chi connectivity index (χ0v) is 13.7. The molecule has 114 valence electrons.